The highest BCUT2D eigenvalue weighted by Gasteiger charge is 2.22. The maximum atomic E-state index is 13.7. The maximum Gasteiger partial charge on any atom is 0.408 e. The van der Waals surface area contributed by atoms with Crippen LogP contribution in [0.3, 0.4) is 0 Å². The molecule has 0 radical (unpaired) electrons. The Morgan fingerprint density at radius 2 is 2.20 bits per heavy atom. The zero-order valence-electron chi connectivity index (χ0n) is 11.6. The molecule has 1 amide bonds. The minimum absolute atomic E-state index is 0.0393. The first-order valence-electron chi connectivity index (χ1n) is 6.06. The number of ether oxygens (including phenoxy) is 1. The van der Waals surface area contributed by atoms with Crippen molar-refractivity contribution in [3.05, 3.63) is 35.1 Å². The fraction of sp³-hybridized carbons (Fsp3) is 0.429. The van der Waals surface area contributed by atoms with Crippen LogP contribution in [0.5, 0.6) is 0 Å². The van der Waals surface area contributed by atoms with Crippen molar-refractivity contribution in [2.24, 2.45) is 0 Å². The van der Waals surface area contributed by atoms with Gasteiger partial charge in [0.05, 0.1) is 24.3 Å². The van der Waals surface area contributed by atoms with Crippen LogP contribution in [-0.4, -0.2) is 23.4 Å². The summed E-state index contributed by atoms with van der Waals surface area (Å²) in [5, 5.41) is 20.5. The average molecular weight is 280 g/mol. The molecule has 0 saturated heterocycles. The Morgan fingerprint density at radius 1 is 1.55 bits per heavy atom. The summed E-state index contributed by atoms with van der Waals surface area (Å²) in [6.45, 7) is 4.57. The number of nitrogens with zero attached hydrogens (tertiary/aromatic N) is 1. The highest BCUT2D eigenvalue weighted by molar-refractivity contribution is 5.68. The smallest absolute Gasteiger partial charge is 0.408 e. The van der Waals surface area contributed by atoms with Gasteiger partial charge in [0, 0.05) is 5.56 Å². The van der Waals surface area contributed by atoms with E-state index in [9.17, 15) is 14.3 Å². The van der Waals surface area contributed by atoms with Gasteiger partial charge < -0.3 is 15.2 Å². The third-order valence-electron chi connectivity index (χ3n) is 2.37. The lowest BCUT2D eigenvalue weighted by Gasteiger charge is -2.23. The van der Waals surface area contributed by atoms with E-state index in [-0.39, 0.29) is 11.1 Å². The van der Waals surface area contributed by atoms with Crippen molar-refractivity contribution in [3.8, 4) is 6.07 Å². The quantitative estimate of drug-likeness (QED) is 0.889. The van der Waals surface area contributed by atoms with Crippen molar-refractivity contribution in [1.82, 2.24) is 5.32 Å². The first kappa shape index (κ1) is 15.9. The van der Waals surface area contributed by atoms with Crippen LogP contribution in [0.1, 0.15) is 37.9 Å². The van der Waals surface area contributed by atoms with Gasteiger partial charge in [-0.1, -0.05) is 0 Å². The zero-order valence-corrected chi connectivity index (χ0v) is 11.6. The molecule has 0 aromatic heterocycles. The molecule has 1 unspecified atom stereocenters. The van der Waals surface area contributed by atoms with Gasteiger partial charge in [0.25, 0.3) is 0 Å². The zero-order chi connectivity index (χ0) is 15.3. The molecule has 0 fully saturated rings. The fourth-order valence-corrected chi connectivity index (χ4v) is 1.55. The monoisotopic (exact) mass is 280 g/mol. The van der Waals surface area contributed by atoms with Gasteiger partial charge in [-0.15, -0.1) is 0 Å². The minimum Gasteiger partial charge on any atom is -0.444 e. The molecule has 2 N–H and O–H groups in total. The number of carbonyl (C=O) groups excluding carboxylic acids is 1. The topological polar surface area (TPSA) is 82.3 Å². The summed E-state index contributed by atoms with van der Waals surface area (Å²) < 4.78 is 18.8. The summed E-state index contributed by atoms with van der Waals surface area (Å²) in [5.41, 5.74) is -0.417. The Bertz CT molecular complexity index is 532. The van der Waals surface area contributed by atoms with E-state index in [0.29, 0.717) is 0 Å². The Labute approximate surface area is 117 Å². The average Bonchev–Trinajstić information content (AvgIpc) is 2.34. The molecule has 0 aliphatic carbocycles. The molecule has 1 rings (SSSR count). The number of halogens is 1. The largest absolute Gasteiger partial charge is 0.444 e. The van der Waals surface area contributed by atoms with E-state index >= 15 is 0 Å². The molecular weight excluding hydrogens is 263 g/mol. The van der Waals surface area contributed by atoms with Gasteiger partial charge in [0.15, 0.2) is 0 Å². The second-order valence-electron chi connectivity index (χ2n) is 5.23. The SMILES string of the molecule is CC(C)(C)OC(=O)NC(CO)c1cc(C#N)ccc1F. The molecule has 6 heteroatoms. The van der Waals surface area contributed by atoms with Crippen molar-refractivity contribution in [1.29, 1.82) is 5.26 Å². The molecule has 20 heavy (non-hydrogen) atoms. The molecule has 0 heterocycles. The molecule has 1 atom stereocenters. The van der Waals surface area contributed by atoms with E-state index in [2.05, 4.69) is 5.32 Å². The molecule has 0 bridgehead atoms. The van der Waals surface area contributed by atoms with E-state index in [0.717, 1.165) is 6.07 Å². The number of hydrogen-bond acceptors (Lipinski definition) is 4. The number of aliphatic hydroxyl groups excluding tert-OH is 1. The van der Waals surface area contributed by atoms with Crippen LogP contribution in [0.25, 0.3) is 0 Å². The van der Waals surface area contributed by atoms with E-state index in [4.69, 9.17) is 10.00 Å². The van der Waals surface area contributed by atoms with E-state index in [1.807, 2.05) is 6.07 Å². The molecule has 0 spiro atoms. The number of hydrogen-bond donors (Lipinski definition) is 2. The number of alkyl carbamates (subject to hydrolysis) is 1. The standard InChI is InChI=1S/C14H17FN2O3/c1-14(2,3)20-13(19)17-12(8-18)10-6-9(7-16)4-5-11(10)15/h4-6,12,18H,8H2,1-3H3,(H,17,19). The third kappa shape index (κ3) is 4.52. The number of carbonyl (C=O) groups is 1. The fourth-order valence-electron chi connectivity index (χ4n) is 1.55. The molecule has 0 aliphatic rings. The Morgan fingerprint density at radius 3 is 2.70 bits per heavy atom. The number of rotatable bonds is 3. The van der Waals surface area contributed by atoms with Gasteiger partial charge in [-0.3, -0.25) is 0 Å². The summed E-state index contributed by atoms with van der Waals surface area (Å²) in [6, 6.07) is 4.62. The predicted molar refractivity (Wildman–Crippen MR) is 70.3 cm³/mol. The van der Waals surface area contributed by atoms with Crippen LogP contribution >= 0.6 is 0 Å². The lowest BCUT2D eigenvalue weighted by molar-refractivity contribution is 0.0480. The Hall–Kier alpha value is -2.13. The minimum atomic E-state index is -0.974. The number of benzene rings is 1. The van der Waals surface area contributed by atoms with E-state index < -0.39 is 30.2 Å². The van der Waals surface area contributed by atoms with Crippen molar-refractivity contribution >= 4 is 6.09 Å². The van der Waals surface area contributed by atoms with Gasteiger partial charge in [0.2, 0.25) is 0 Å². The van der Waals surface area contributed by atoms with Crippen LogP contribution in [0.4, 0.5) is 9.18 Å². The molecular formula is C14H17FN2O3. The van der Waals surface area contributed by atoms with Crippen LogP contribution in [0.2, 0.25) is 0 Å². The molecule has 0 saturated carbocycles. The van der Waals surface area contributed by atoms with Gasteiger partial charge in [0.1, 0.15) is 11.4 Å². The van der Waals surface area contributed by atoms with Gasteiger partial charge in [-0.2, -0.15) is 5.26 Å². The molecule has 1 aromatic rings. The molecule has 1 aromatic carbocycles. The third-order valence-corrected chi connectivity index (χ3v) is 2.37. The van der Waals surface area contributed by atoms with Crippen LogP contribution in [0.15, 0.2) is 18.2 Å². The number of nitriles is 1. The highest BCUT2D eigenvalue weighted by Crippen LogP contribution is 2.19. The number of amides is 1. The first-order valence-corrected chi connectivity index (χ1v) is 6.06. The van der Waals surface area contributed by atoms with Crippen LogP contribution in [0, 0.1) is 17.1 Å². The first-order chi connectivity index (χ1) is 9.26. The van der Waals surface area contributed by atoms with Crippen LogP contribution < -0.4 is 5.32 Å². The highest BCUT2D eigenvalue weighted by atomic mass is 19.1. The van der Waals surface area contributed by atoms with Crippen molar-refractivity contribution in [3.63, 3.8) is 0 Å². The Kier molecular flexibility index (Phi) is 5.06. The summed E-state index contributed by atoms with van der Waals surface area (Å²) in [4.78, 5) is 11.6. The summed E-state index contributed by atoms with van der Waals surface area (Å²) in [5.74, 6) is -0.612. The summed E-state index contributed by atoms with van der Waals surface area (Å²) in [7, 11) is 0. The lowest BCUT2D eigenvalue weighted by Crippen LogP contribution is -2.36. The lowest BCUT2D eigenvalue weighted by atomic mass is 10.0. The van der Waals surface area contributed by atoms with Crippen molar-refractivity contribution in [2.45, 2.75) is 32.4 Å². The van der Waals surface area contributed by atoms with E-state index in [1.165, 1.54) is 12.1 Å². The predicted octanol–water partition coefficient (Wildman–Crippen LogP) is 2.26. The van der Waals surface area contributed by atoms with Gasteiger partial charge >= 0.3 is 6.09 Å². The number of aliphatic hydroxyl groups is 1. The maximum absolute atomic E-state index is 13.7. The summed E-state index contributed by atoms with van der Waals surface area (Å²) in [6.07, 6.45) is -0.765. The number of nitrogens with one attached hydrogen (secondary N) is 1. The van der Waals surface area contributed by atoms with Crippen LogP contribution in [-0.2, 0) is 4.74 Å². The normalized spacial score (nSPS) is 12.4. The molecule has 5 nitrogen and oxygen atoms in total. The second kappa shape index (κ2) is 6.35. The van der Waals surface area contributed by atoms with Gasteiger partial charge in [-0.05, 0) is 39.0 Å². The second-order valence-corrected chi connectivity index (χ2v) is 5.23. The van der Waals surface area contributed by atoms with Crippen molar-refractivity contribution in [2.75, 3.05) is 6.61 Å². The Balaban J connectivity index is 2.92. The van der Waals surface area contributed by atoms with Gasteiger partial charge in [-0.25, -0.2) is 9.18 Å². The molecule has 108 valence electrons. The van der Waals surface area contributed by atoms with E-state index in [1.54, 1.807) is 20.8 Å². The molecule has 0 aliphatic heterocycles. The summed E-state index contributed by atoms with van der Waals surface area (Å²) >= 11 is 0. The van der Waals surface area contributed by atoms with Crippen molar-refractivity contribution < 1.29 is 19.0 Å².